The van der Waals surface area contributed by atoms with E-state index < -0.39 is 0 Å². The number of thioether (sulfide) groups is 1. The fraction of sp³-hybridized carbons (Fsp3) is 0.154. The first-order valence-corrected chi connectivity index (χ1v) is 11.8. The number of nitrogens with one attached hydrogen (secondary N) is 2. The monoisotopic (exact) mass is 471 g/mol. The topological polar surface area (TPSA) is 88.9 Å². The van der Waals surface area contributed by atoms with Crippen LogP contribution in [0, 0.1) is 6.92 Å². The third-order valence-electron chi connectivity index (χ3n) is 5.19. The molecule has 2 N–H and O–H groups in total. The van der Waals surface area contributed by atoms with Gasteiger partial charge in [0.25, 0.3) is 5.91 Å². The second-order valence-electron chi connectivity index (χ2n) is 7.75. The number of fused-ring (bicyclic) bond motifs is 1. The molecule has 0 unspecified atom stereocenters. The van der Waals surface area contributed by atoms with Gasteiger partial charge in [-0.3, -0.25) is 9.59 Å². The number of hydrogen-bond donors (Lipinski definition) is 2. The molecular formula is C26H25N5O2S. The lowest BCUT2D eigenvalue weighted by molar-refractivity contribution is -0.113. The van der Waals surface area contributed by atoms with Gasteiger partial charge in [-0.25, -0.2) is 0 Å². The molecule has 0 saturated heterocycles. The van der Waals surface area contributed by atoms with E-state index in [0.717, 1.165) is 22.0 Å². The molecule has 4 aromatic rings. The molecule has 7 nitrogen and oxygen atoms in total. The third kappa shape index (κ3) is 5.71. The number of carbonyl (C=O) groups excluding carboxylic acids is 2. The van der Waals surface area contributed by atoms with Gasteiger partial charge in [-0.05, 0) is 42.0 Å². The highest BCUT2D eigenvalue weighted by atomic mass is 32.2. The lowest BCUT2D eigenvalue weighted by Crippen LogP contribution is -2.24. The molecule has 0 aliphatic heterocycles. The lowest BCUT2D eigenvalue weighted by Gasteiger charge is -2.09. The number of carbonyl (C=O) groups is 2. The van der Waals surface area contributed by atoms with Crippen LogP contribution < -0.4 is 10.6 Å². The van der Waals surface area contributed by atoms with E-state index in [1.165, 1.54) is 11.8 Å². The van der Waals surface area contributed by atoms with E-state index >= 15 is 0 Å². The zero-order valence-corrected chi connectivity index (χ0v) is 19.6. The maximum Gasteiger partial charge on any atom is 0.251 e. The van der Waals surface area contributed by atoms with Crippen molar-refractivity contribution < 1.29 is 9.59 Å². The molecule has 1 aromatic heterocycles. The molecule has 2 amide bonds. The van der Waals surface area contributed by atoms with Crippen LogP contribution in [-0.4, -0.2) is 32.3 Å². The molecule has 0 atom stereocenters. The summed E-state index contributed by atoms with van der Waals surface area (Å²) in [6.45, 7) is 6.45. The Labute approximate surface area is 202 Å². The van der Waals surface area contributed by atoms with E-state index in [4.69, 9.17) is 0 Å². The molecule has 0 bridgehead atoms. The van der Waals surface area contributed by atoms with Crippen molar-refractivity contribution in [2.24, 2.45) is 0 Å². The summed E-state index contributed by atoms with van der Waals surface area (Å²) < 4.78 is 1.84. The van der Waals surface area contributed by atoms with E-state index in [2.05, 4.69) is 27.4 Å². The number of amides is 2. The Bertz CT molecular complexity index is 1330. The zero-order valence-electron chi connectivity index (χ0n) is 18.8. The van der Waals surface area contributed by atoms with E-state index in [-0.39, 0.29) is 24.1 Å². The summed E-state index contributed by atoms with van der Waals surface area (Å²) in [5.74, 6) is 0.454. The van der Waals surface area contributed by atoms with Crippen molar-refractivity contribution in [1.82, 2.24) is 20.1 Å². The van der Waals surface area contributed by atoms with Crippen molar-refractivity contribution in [3.8, 4) is 0 Å². The van der Waals surface area contributed by atoms with Gasteiger partial charge in [0.1, 0.15) is 0 Å². The Balaban J connectivity index is 1.36. The van der Waals surface area contributed by atoms with Crippen LogP contribution in [0.4, 0.5) is 5.69 Å². The van der Waals surface area contributed by atoms with Crippen LogP contribution in [0.5, 0.6) is 0 Å². The SMILES string of the molecule is C=CCn1c(CNC(=O)c2ccc(C)cc2)nnc1SCC(=O)Nc1ccc2ccccc2c1. The minimum absolute atomic E-state index is 0.136. The molecule has 34 heavy (non-hydrogen) atoms. The minimum atomic E-state index is -0.183. The van der Waals surface area contributed by atoms with E-state index in [0.29, 0.717) is 23.1 Å². The molecule has 0 aliphatic carbocycles. The van der Waals surface area contributed by atoms with Crippen LogP contribution >= 0.6 is 11.8 Å². The second kappa shape index (κ2) is 10.8. The summed E-state index contributed by atoms with van der Waals surface area (Å²) in [4.78, 5) is 25.0. The van der Waals surface area contributed by atoms with Crippen molar-refractivity contribution in [2.45, 2.75) is 25.2 Å². The van der Waals surface area contributed by atoms with Crippen molar-refractivity contribution >= 4 is 40.0 Å². The Kier molecular flexibility index (Phi) is 7.39. The molecule has 8 heteroatoms. The summed E-state index contributed by atoms with van der Waals surface area (Å²) in [5.41, 5.74) is 2.42. The minimum Gasteiger partial charge on any atom is -0.345 e. The number of aromatic nitrogens is 3. The van der Waals surface area contributed by atoms with Gasteiger partial charge in [-0.1, -0.05) is 65.9 Å². The molecule has 1 heterocycles. The molecule has 0 spiro atoms. The van der Waals surface area contributed by atoms with Gasteiger partial charge >= 0.3 is 0 Å². The van der Waals surface area contributed by atoms with Crippen LogP contribution in [0.25, 0.3) is 10.8 Å². The maximum atomic E-state index is 12.5. The van der Waals surface area contributed by atoms with Gasteiger partial charge in [0.15, 0.2) is 11.0 Å². The predicted molar refractivity (Wildman–Crippen MR) is 136 cm³/mol. The summed E-state index contributed by atoms with van der Waals surface area (Å²) in [6.07, 6.45) is 1.73. The summed E-state index contributed by atoms with van der Waals surface area (Å²) in [5, 5.41) is 17.0. The molecule has 172 valence electrons. The van der Waals surface area contributed by atoms with E-state index in [1.807, 2.05) is 66.1 Å². The number of hydrogen-bond acceptors (Lipinski definition) is 5. The number of rotatable bonds is 9. The van der Waals surface area contributed by atoms with Crippen LogP contribution in [0.1, 0.15) is 21.7 Å². The molecule has 0 radical (unpaired) electrons. The molecule has 0 aliphatic rings. The van der Waals surface area contributed by atoms with Gasteiger partial charge in [-0.2, -0.15) is 0 Å². The highest BCUT2D eigenvalue weighted by Crippen LogP contribution is 2.21. The largest absolute Gasteiger partial charge is 0.345 e. The summed E-state index contributed by atoms with van der Waals surface area (Å²) in [7, 11) is 0. The quantitative estimate of drug-likeness (QED) is 0.275. The average molecular weight is 472 g/mol. The molecule has 0 saturated carbocycles. The number of nitrogens with zero attached hydrogens (tertiary/aromatic N) is 3. The Hall–Kier alpha value is -3.91. The van der Waals surface area contributed by atoms with Crippen LogP contribution in [0.3, 0.4) is 0 Å². The Morgan fingerprint density at radius 1 is 1.03 bits per heavy atom. The smallest absolute Gasteiger partial charge is 0.251 e. The van der Waals surface area contributed by atoms with Crippen molar-refractivity contribution in [3.05, 3.63) is 96.3 Å². The summed E-state index contributed by atoms with van der Waals surface area (Å²) in [6, 6.07) is 21.2. The molecule has 3 aromatic carbocycles. The molecule has 0 fully saturated rings. The predicted octanol–water partition coefficient (Wildman–Crippen LogP) is 4.59. The van der Waals surface area contributed by atoms with E-state index in [1.54, 1.807) is 18.2 Å². The van der Waals surface area contributed by atoms with Gasteiger partial charge in [0, 0.05) is 17.8 Å². The van der Waals surface area contributed by atoms with Crippen LogP contribution in [-0.2, 0) is 17.9 Å². The maximum absolute atomic E-state index is 12.5. The van der Waals surface area contributed by atoms with Crippen LogP contribution in [0.2, 0.25) is 0 Å². The normalized spacial score (nSPS) is 10.7. The Morgan fingerprint density at radius 2 is 1.79 bits per heavy atom. The Morgan fingerprint density at radius 3 is 2.56 bits per heavy atom. The third-order valence-corrected chi connectivity index (χ3v) is 6.16. The van der Waals surface area contributed by atoms with Crippen molar-refractivity contribution in [3.63, 3.8) is 0 Å². The van der Waals surface area contributed by atoms with Crippen molar-refractivity contribution in [2.75, 3.05) is 11.1 Å². The average Bonchev–Trinajstić information content (AvgIpc) is 3.23. The fourth-order valence-electron chi connectivity index (χ4n) is 3.43. The van der Waals surface area contributed by atoms with Crippen molar-refractivity contribution in [1.29, 1.82) is 0 Å². The van der Waals surface area contributed by atoms with Gasteiger partial charge in [0.05, 0.1) is 12.3 Å². The molecule has 4 rings (SSSR count). The zero-order chi connectivity index (χ0) is 23.9. The molecular weight excluding hydrogens is 446 g/mol. The first kappa shape index (κ1) is 23.3. The number of aryl methyl sites for hydroxylation is 1. The van der Waals surface area contributed by atoms with Gasteiger partial charge < -0.3 is 15.2 Å². The van der Waals surface area contributed by atoms with Gasteiger partial charge in [0.2, 0.25) is 5.91 Å². The first-order chi connectivity index (χ1) is 16.5. The number of benzene rings is 3. The fourth-order valence-corrected chi connectivity index (χ4v) is 4.20. The lowest BCUT2D eigenvalue weighted by atomic mass is 10.1. The first-order valence-electron chi connectivity index (χ1n) is 10.8. The van der Waals surface area contributed by atoms with Gasteiger partial charge in [-0.15, -0.1) is 16.8 Å². The summed E-state index contributed by atoms with van der Waals surface area (Å²) >= 11 is 1.29. The number of allylic oxidation sites excluding steroid dienone is 1. The second-order valence-corrected chi connectivity index (χ2v) is 8.69. The van der Waals surface area contributed by atoms with Crippen LogP contribution in [0.15, 0.2) is 84.5 Å². The number of anilines is 1. The highest BCUT2D eigenvalue weighted by Gasteiger charge is 2.15. The standard InChI is InChI=1S/C26H25N5O2S/c1-3-14-31-23(16-27-25(33)20-10-8-18(2)9-11-20)29-30-26(31)34-17-24(32)28-22-13-12-19-6-4-5-7-21(19)15-22/h3-13,15H,1,14,16-17H2,2H3,(H,27,33)(H,28,32). The highest BCUT2D eigenvalue weighted by molar-refractivity contribution is 7.99. The van der Waals surface area contributed by atoms with E-state index in [9.17, 15) is 9.59 Å².